The molecule has 2 aromatic carbocycles. The van der Waals surface area contributed by atoms with Crippen LogP contribution in [0.5, 0.6) is 11.5 Å². The van der Waals surface area contributed by atoms with Crippen molar-refractivity contribution in [1.82, 2.24) is 9.80 Å². The lowest BCUT2D eigenvalue weighted by Gasteiger charge is -2.37. The number of carbonyl (C=O) groups is 2. The van der Waals surface area contributed by atoms with E-state index >= 15 is 0 Å². The number of thiophene rings is 1. The third-order valence-corrected chi connectivity index (χ3v) is 7.77. The number of methoxy groups -OCH3 is 1. The SMILES string of the molecule is COc1ccccc1OC[C@@H]1c2ccsc2CCN1C(=O)CN(CCC(C)C)C(=O)c1cccc(Cl)c1. The molecule has 196 valence electrons. The topological polar surface area (TPSA) is 59.1 Å². The Labute approximate surface area is 227 Å². The maximum Gasteiger partial charge on any atom is 0.254 e. The average molecular weight is 541 g/mol. The number of para-hydroxylation sites is 2. The van der Waals surface area contributed by atoms with E-state index < -0.39 is 0 Å². The first-order chi connectivity index (χ1) is 17.9. The standard InChI is InChI=1S/C29H33ClN2O4S/c1-20(2)11-14-31(29(34)21-7-6-8-22(30)17-21)18-28(33)32-15-12-27-23(13-16-37-27)24(32)19-36-26-10-5-4-9-25(26)35-3/h4-10,13,16-17,20,24H,11-12,14-15,18-19H2,1-3H3/t24-/m1/s1. The highest BCUT2D eigenvalue weighted by atomic mass is 35.5. The normalized spacial score (nSPS) is 14.8. The van der Waals surface area contributed by atoms with Crippen LogP contribution in [0, 0.1) is 5.92 Å². The van der Waals surface area contributed by atoms with Crippen molar-refractivity contribution >= 4 is 34.8 Å². The second-order valence-corrected chi connectivity index (χ2v) is 11.0. The number of benzene rings is 2. The summed E-state index contributed by atoms with van der Waals surface area (Å²) in [5.41, 5.74) is 1.59. The van der Waals surface area contributed by atoms with E-state index in [-0.39, 0.29) is 24.4 Å². The van der Waals surface area contributed by atoms with E-state index in [0.717, 1.165) is 18.4 Å². The van der Waals surface area contributed by atoms with Gasteiger partial charge in [0, 0.05) is 28.6 Å². The maximum absolute atomic E-state index is 13.8. The Bertz CT molecular complexity index is 1230. The van der Waals surface area contributed by atoms with Crippen LogP contribution in [0.4, 0.5) is 0 Å². The van der Waals surface area contributed by atoms with E-state index in [1.165, 1.54) is 4.88 Å². The van der Waals surface area contributed by atoms with Gasteiger partial charge in [-0.05, 0) is 66.1 Å². The van der Waals surface area contributed by atoms with Gasteiger partial charge in [-0.15, -0.1) is 11.3 Å². The van der Waals surface area contributed by atoms with Crippen molar-refractivity contribution in [3.8, 4) is 11.5 Å². The summed E-state index contributed by atoms with van der Waals surface area (Å²) in [5, 5.41) is 2.56. The molecule has 2 amide bonds. The van der Waals surface area contributed by atoms with Crippen molar-refractivity contribution in [2.75, 3.05) is 33.4 Å². The van der Waals surface area contributed by atoms with Crippen molar-refractivity contribution in [3.05, 3.63) is 81.0 Å². The Morgan fingerprint density at radius 1 is 1.14 bits per heavy atom. The summed E-state index contributed by atoms with van der Waals surface area (Å²) in [6.07, 6.45) is 1.59. The lowest BCUT2D eigenvalue weighted by Crippen LogP contribution is -2.48. The molecule has 1 aliphatic rings. The van der Waals surface area contributed by atoms with Gasteiger partial charge in [0.05, 0.1) is 13.2 Å². The van der Waals surface area contributed by atoms with Crippen LogP contribution >= 0.6 is 22.9 Å². The van der Waals surface area contributed by atoms with Crippen molar-refractivity contribution in [2.24, 2.45) is 5.92 Å². The number of carbonyl (C=O) groups excluding carboxylic acids is 2. The van der Waals surface area contributed by atoms with Gasteiger partial charge in [0.15, 0.2) is 11.5 Å². The fourth-order valence-corrected chi connectivity index (χ4v) is 5.62. The van der Waals surface area contributed by atoms with Crippen molar-refractivity contribution in [2.45, 2.75) is 32.7 Å². The lowest BCUT2D eigenvalue weighted by molar-refractivity contribution is -0.135. The van der Waals surface area contributed by atoms with Crippen LogP contribution in [0.15, 0.2) is 60.0 Å². The molecule has 1 atom stereocenters. The molecule has 0 unspecified atom stereocenters. The smallest absolute Gasteiger partial charge is 0.254 e. The average Bonchev–Trinajstić information content (AvgIpc) is 3.38. The molecule has 0 saturated carbocycles. The summed E-state index contributed by atoms with van der Waals surface area (Å²) in [6, 6.07) is 16.2. The molecule has 0 N–H and O–H groups in total. The fraction of sp³-hybridized carbons (Fsp3) is 0.379. The molecular formula is C29H33ClN2O4S. The van der Waals surface area contributed by atoms with E-state index in [9.17, 15) is 9.59 Å². The quantitative estimate of drug-likeness (QED) is 0.311. The van der Waals surface area contributed by atoms with Crippen molar-refractivity contribution in [3.63, 3.8) is 0 Å². The molecule has 4 rings (SSSR count). The fourth-order valence-electron chi connectivity index (χ4n) is 4.51. The minimum Gasteiger partial charge on any atom is -0.493 e. The molecule has 0 spiro atoms. The molecule has 37 heavy (non-hydrogen) atoms. The summed E-state index contributed by atoms with van der Waals surface area (Å²) in [6.45, 7) is 5.59. The van der Waals surface area contributed by atoms with Crippen molar-refractivity contribution < 1.29 is 19.1 Å². The molecule has 0 radical (unpaired) electrons. The number of hydrogen-bond donors (Lipinski definition) is 0. The van der Waals surface area contributed by atoms with Crippen LogP contribution in [0.3, 0.4) is 0 Å². The third kappa shape index (κ3) is 6.65. The Kier molecular flexibility index (Phi) is 9.11. The van der Waals surface area contributed by atoms with Crippen LogP contribution in [0.2, 0.25) is 5.02 Å². The number of nitrogens with zero attached hydrogens (tertiary/aromatic N) is 2. The largest absolute Gasteiger partial charge is 0.493 e. The molecule has 3 aromatic rings. The zero-order chi connectivity index (χ0) is 26.4. The van der Waals surface area contributed by atoms with E-state index in [2.05, 4.69) is 25.3 Å². The predicted octanol–water partition coefficient (Wildman–Crippen LogP) is 6.10. The van der Waals surface area contributed by atoms with Gasteiger partial charge < -0.3 is 19.3 Å². The van der Waals surface area contributed by atoms with Crippen LogP contribution in [0.25, 0.3) is 0 Å². The molecule has 1 aliphatic heterocycles. The Hall–Kier alpha value is -3.03. The highest BCUT2D eigenvalue weighted by Gasteiger charge is 2.34. The second kappa shape index (κ2) is 12.5. The lowest BCUT2D eigenvalue weighted by atomic mass is 10.00. The molecular weight excluding hydrogens is 508 g/mol. The molecule has 0 saturated heterocycles. The molecule has 6 nitrogen and oxygen atoms in total. The van der Waals surface area contributed by atoms with Gasteiger partial charge in [0.1, 0.15) is 13.2 Å². The molecule has 8 heteroatoms. The van der Waals surface area contributed by atoms with Crippen LogP contribution in [-0.4, -0.2) is 55.0 Å². The van der Waals surface area contributed by atoms with Gasteiger partial charge in [-0.25, -0.2) is 0 Å². The van der Waals surface area contributed by atoms with Gasteiger partial charge in [-0.3, -0.25) is 9.59 Å². The molecule has 1 aromatic heterocycles. The molecule has 0 fully saturated rings. The minimum absolute atomic E-state index is 0.00267. The van der Waals surface area contributed by atoms with E-state index in [1.807, 2.05) is 29.2 Å². The minimum atomic E-state index is -0.249. The second-order valence-electron chi connectivity index (χ2n) is 9.53. The van der Waals surface area contributed by atoms with Gasteiger partial charge in [0.25, 0.3) is 5.91 Å². The number of fused-ring (bicyclic) bond motifs is 1. The molecule has 0 bridgehead atoms. The summed E-state index contributed by atoms with van der Waals surface area (Å²) in [5.74, 6) is 1.40. The Balaban J connectivity index is 1.55. The molecule has 0 aliphatic carbocycles. The maximum atomic E-state index is 13.8. The van der Waals surface area contributed by atoms with Gasteiger partial charge in [-0.1, -0.05) is 43.6 Å². The van der Waals surface area contributed by atoms with E-state index in [4.69, 9.17) is 21.1 Å². The monoisotopic (exact) mass is 540 g/mol. The Morgan fingerprint density at radius 3 is 2.65 bits per heavy atom. The number of halogens is 1. The van der Waals surface area contributed by atoms with Crippen LogP contribution < -0.4 is 9.47 Å². The summed E-state index contributed by atoms with van der Waals surface area (Å²) in [4.78, 5) is 31.9. The number of hydrogen-bond acceptors (Lipinski definition) is 5. The third-order valence-electron chi connectivity index (χ3n) is 6.54. The van der Waals surface area contributed by atoms with Gasteiger partial charge in [0.2, 0.25) is 5.91 Å². The first kappa shape index (κ1) is 27.0. The number of rotatable bonds is 10. The predicted molar refractivity (Wildman–Crippen MR) is 148 cm³/mol. The van der Waals surface area contributed by atoms with Gasteiger partial charge >= 0.3 is 0 Å². The van der Waals surface area contributed by atoms with Crippen LogP contribution in [-0.2, 0) is 11.2 Å². The first-order valence-corrected chi connectivity index (χ1v) is 13.8. The zero-order valence-electron chi connectivity index (χ0n) is 21.5. The molecule has 2 heterocycles. The van der Waals surface area contributed by atoms with Crippen LogP contribution in [0.1, 0.15) is 47.1 Å². The number of ether oxygens (including phenoxy) is 2. The van der Waals surface area contributed by atoms with Crippen molar-refractivity contribution in [1.29, 1.82) is 0 Å². The summed E-state index contributed by atoms with van der Waals surface area (Å²) >= 11 is 7.85. The number of amides is 2. The van der Waals surface area contributed by atoms with E-state index in [0.29, 0.717) is 47.7 Å². The summed E-state index contributed by atoms with van der Waals surface area (Å²) < 4.78 is 11.6. The first-order valence-electron chi connectivity index (χ1n) is 12.5. The Morgan fingerprint density at radius 2 is 1.92 bits per heavy atom. The highest BCUT2D eigenvalue weighted by molar-refractivity contribution is 7.10. The van der Waals surface area contributed by atoms with E-state index in [1.54, 1.807) is 47.6 Å². The highest BCUT2D eigenvalue weighted by Crippen LogP contribution is 2.35. The van der Waals surface area contributed by atoms with Gasteiger partial charge in [-0.2, -0.15) is 0 Å². The summed E-state index contributed by atoms with van der Waals surface area (Å²) in [7, 11) is 1.61. The zero-order valence-corrected chi connectivity index (χ0v) is 23.1.